The molecule has 2 heterocycles. The molecule has 6 nitrogen and oxygen atoms in total. The summed E-state index contributed by atoms with van der Waals surface area (Å²) in [4.78, 5) is 26.6. The number of rotatable bonds is 2. The Labute approximate surface area is 107 Å². The number of piperazine rings is 1. The SMILES string of the molecule is CC(=O)N1CCN(C(=O)NCC2CCCO2)CC1. The Balaban J connectivity index is 1.68. The Morgan fingerprint density at radius 2 is 1.89 bits per heavy atom. The lowest BCUT2D eigenvalue weighted by Gasteiger charge is -2.34. The van der Waals surface area contributed by atoms with Gasteiger partial charge in [-0.25, -0.2) is 4.79 Å². The van der Waals surface area contributed by atoms with E-state index in [9.17, 15) is 9.59 Å². The average molecular weight is 255 g/mol. The number of hydrogen-bond donors (Lipinski definition) is 1. The van der Waals surface area contributed by atoms with E-state index >= 15 is 0 Å². The van der Waals surface area contributed by atoms with E-state index in [0.717, 1.165) is 19.4 Å². The normalized spacial score (nSPS) is 24.2. The van der Waals surface area contributed by atoms with Crippen molar-refractivity contribution in [3.8, 4) is 0 Å². The second kappa shape index (κ2) is 6.04. The lowest BCUT2D eigenvalue weighted by atomic mass is 10.2. The molecule has 102 valence electrons. The van der Waals surface area contributed by atoms with Crippen molar-refractivity contribution in [3.05, 3.63) is 0 Å². The number of carbonyl (C=O) groups is 2. The predicted octanol–water partition coefficient (Wildman–Crippen LogP) is 0.0391. The van der Waals surface area contributed by atoms with Crippen LogP contribution in [-0.4, -0.2) is 67.2 Å². The minimum atomic E-state index is -0.0475. The highest BCUT2D eigenvalue weighted by Crippen LogP contribution is 2.10. The summed E-state index contributed by atoms with van der Waals surface area (Å²) < 4.78 is 5.45. The van der Waals surface area contributed by atoms with Crippen LogP contribution in [0.3, 0.4) is 0 Å². The molecule has 1 N–H and O–H groups in total. The zero-order chi connectivity index (χ0) is 13.0. The highest BCUT2D eigenvalue weighted by Gasteiger charge is 2.23. The largest absolute Gasteiger partial charge is 0.376 e. The van der Waals surface area contributed by atoms with Crippen molar-refractivity contribution in [2.45, 2.75) is 25.9 Å². The minimum absolute atomic E-state index is 0.0475. The van der Waals surface area contributed by atoms with Gasteiger partial charge in [0.25, 0.3) is 0 Å². The zero-order valence-electron chi connectivity index (χ0n) is 10.9. The molecule has 1 unspecified atom stereocenters. The lowest BCUT2D eigenvalue weighted by molar-refractivity contribution is -0.130. The first-order chi connectivity index (χ1) is 8.66. The van der Waals surface area contributed by atoms with Crippen LogP contribution in [0.2, 0.25) is 0 Å². The van der Waals surface area contributed by atoms with Gasteiger partial charge in [-0.1, -0.05) is 0 Å². The van der Waals surface area contributed by atoms with E-state index in [0.29, 0.717) is 32.7 Å². The maximum Gasteiger partial charge on any atom is 0.317 e. The number of urea groups is 1. The number of ether oxygens (including phenoxy) is 1. The van der Waals surface area contributed by atoms with Crippen LogP contribution in [0.4, 0.5) is 4.79 Å². The zero-order valence-corrected chi connectivity index (χ0v) is 10.9. The summed E-state index contributed by atoms with van der Waals surface area (Å²) >= 11 is 0. The van der Waals surface area contributed by atoms with Gasteiger partial charge in [-0.05, 0) is 12.8 Å². The first-order valence-electron chi connectivity index (χ1n) is 6.56. The molecule has 1 atom stereocenters. The summed E-state index contributed by atoms with van der Waals surface area (Å²) in [6.45, 7) is 5.43. The predicted molar refractivity (Wildman–Crippen MR) is 66.2 cm³/mol. The van der Waals surface area contributed by atoms with Crippen LogP contribution in [0.15, 0.2) is 0 Å². The molecule has 0 saturated carbocycles. The second-order valence-corrected chi connectivity index (χ2v) is 4.81. The summed E-state index contributed by atoms with van der Waals surface area (Å²) in [6.07, 6.45) is 2.28. The fourth-order valence-corrected chi connectivity index (χ4v) is 2.34. The fourth-order valence-electron chi connectivity index (χ4n) is 2.34. The number of hydrogen-bond acceptors (Lipinski definition) is 3. The van der Waals surface area contributed by atoms with Gasteiger partial charge in [0.1, 0.15) is 0 Å². The van der Waals surface area contributed by atoms with Crippen LogP contribution in [0, 0.1) is 0 Å². The first-order valence-corrected chi connectivity index (χ1v) is 6.56. The third kappa shape index (κ3) is 3.35. The Bertz CT molecular complexity index is 308. The molecule has 2 aliphatic rings. The molecule has 0 bridgehead atoms. The quantitative estimate of drug-likeness (QED) is 0.758. The molecule has 0 aromatic carbocycles. The molecule has 6 heteroatoms. The van der Waals surface area contributed by atoms with Gasteiger partial charge in [0.2, 0.25) is 5.91 Å². The molecular formula is C12H21N3O3. The van der Waals surface area contributed by atoms with Crippen LogP contribution in [0.25, 0.3) is 0 Å². The highest BCUT2D eigenvalue weighted by atomic mass is 16.5. The average Bonchev–Trinajstić information content (AvgIpc) is 2.89. The van der Waals surface area contributed by atoms with E-state index in [2.05, 4.69) is 5.32 Å². The summed E-state index contributed by atoms with van der Waals surface area (Å²) in [7, 11) is 0. The summed E-state index contributed by atoms with van der Waals surface area (Å²) in [5, 5.41) is 2.90. The molecule has 0 aliphatic carbocycles. The maximum atomic E-state index is 11.9. The molecule has 0 radical (unpaired) electrons. The van der Waals surface area contributed by atoms with Gasteiger partial charge in [0.15, 0.2) is 0 Å². The fraction of sp³-hybridized carbons (Fsp3) is 0.833. The van der Waals surface area contributed by atoms with E-state index in [1.165, 1.54) is 0 Å². The summed E-state index contributed by atoms with van der Waals surface area (Å²) in [5.41, 5.74) is 0. The number of amides is 3. The Morgan fingerprint density at radius 1 is 1.22 bits per heavy atom. The summed E-state index contributed by atoms with van der Waals surface area (Å²) in [6, 6.07) is -0.0475. The van der Waals surface area contributed by atoms with Crippen LogP contribution >= 0.6 is 0 Å². The molecule has 0 aromatic heterocycles. The van der Waals surface area contributed by atoms with E-state index in [4.69, 9.17) is 4.74 Å². The third-order valence-corrected chi connectivity index (χ3v) is 3.52. The van der Waals surface area contributed by atoms with Gasteiger partial charge in [-0.15, -0.1) is 0 Å². The molecule has 2 rings (SSSR count). The van der Waals surface area contributed by atoms with Crippen LogP contribution in [-0.2, 0) is 9.53 Å². The van der Waals surface area contributed by atoms with Crippen molar-refractivity contribution in [2.75, 3.05) is 39.3 Å². The maximum absolute atomic E-state index is 11.9. The molecule has 18 heavy (non-hydrogen) atoms. The molecule has 0 spiro atoms. The molecule has 2 fully saturated rings. The standard InChI is InChI=1S/C12H21N3O3/c1-10(16)14-4-6-15(7-5-14)12(17)13-9-11-3-2-8-18-11/h11H,2-9H2,1H3,(H,13,17). The van der Waals surface area contributed by atoms with Crippen LogP contribution in [0.1, 0.15) is 19.8 Å². The highest BCUT2D eigenvalue weighted by molar-refractivity contribution is 5.76. The van der Waals surface area contributed by atoms with Crippen LogP contribution < -0.4 is 5.32 Å². The van der Waals surface area contributed by atoms with Crippen molar-refractivity contribution in [3.63, 3.8) is 0 Å². The van der Waals surface area contributed by atoms with Gasteiger partial charge >= 0.3 is 6.03 Å². The van der Waals surface area contributed by atoms with Gasteiger partial charge in [0, 0.05) is 46.3 Å². The van der Waals surface area contributed by atoms with Crippen molar-refractivity contribution < 1.29 is 14.3 Å². The molecule has 2 aliphatic heterocycles. The topological polar surface area (TPSA) is 61.9 Å². The van der Waals surface area contributed by atoms with Crippen molar-refractivity contribution >= 4 is 11.9 Å². The van der Waals surface area contributed by atoms with Crippen molar-refractivity contribution in [2.24, 2.45) is 0 Å². The van der Waals surface area contributed by atoms with E-state index in [-0.39, 0.29) is 18.0 Å². The first kappa shape index (κ1) is 13.1. The molecular weight excluding hydrogens is 234 g/mol. The van der Waals surface area contributed by atoms with Crippen molar-refractivity contribution in [1.82, 2.24) is 15.1 Å². The Morgan fingerprint density at radius 3 is 2.44 bits per heavy atom. The van der Waals surface area contributed by atoms with E-state index < -0.39 is 0 Å². The van der Waals surface area contributed by atoms with Gasteiger partial charge in [0.05, 0.1) is 6.10 Å². The Kier molecular flexibility index (Phi) is 4.41. The van der Waals surface area contributed by atoms with Crippen molar-refractivity contribution in [1.29, 1.82) is 0 Å². The minimum Gasteiger partial charge on any atom is -0.376 e. The van der Waals surface area contributed by atoms with Gasteiger partial charge in [-0.2, -0.15) is 0 Å². The van der Waals surface area contributed by atoms with E-state index in [1.54, 1.807) is 16.7 Å². The van der Waals surface area contributed by atoms with Gasteiger partial charge < -0.3 is 19.9 Å². The second-order valence-electron chi connectivity index (χ2n) is 4.81. The number of carbonyl (C=O) groups excluding carboxylic acids is 2. The monoisotopic (exact) mass is 255 g/mol. The Hall–Kier alpha value is -1.30. The third-order valence-electron chi connectivity index (χ3n) is 3.52. The number of nitrogens with one attached hydrogen (secondary N) is 1. The van der Waals surface area contributed by atoms with Gasteiger partial charge in [-0.3, -0.25) is 4.79 Å². The number of nitrogens with zero attached hydrogens (tertiary/aromatic N) is 2. The smallest absolute Gasteiger partial charge is 0.317 e. The molecule has 0 aromatic rings. The lowest BCUT2D eigenvalue weighted by Crippen LogP contribution is -2.53. The van der Waals surface area contributed by atoms with E-state index in [1.807, 2.05) is 0 Å². The molecule has 3 amide bonds. The molecule has 2 saturated heterocycles. The van der Waals surface area contributed by atoms with Crippen LogP contribution in [0.5, 0.6) is 0 Å². The summed E-state index contributed by atoms with van der Waals surface area (Å²) in [5.74, 6) is 0.0782.